The molecule has 2 aromatic carbocycles. The van der Waals surface area contributed by atoms with E-state index in [0.29, 0.717) is 61.5 Å². The van der Waals surface area contributed by atoms with Crippen LogP contribution in [0.5, 0.6) is 23.0 Å². The van der Waals surface area contributed by atoms with Gasteiger partial charge in [0.15, 0.2) is 23.0 Å². The number of unbranched alkanes of at least 4 members (excludes halogenated alkanes) is 1. The van der Waals surface area contributed by atoms with E-state index in [2.05, 4.69) is 77.9 Å². The zero-order chi connectivity index (χ0) is 59.6. The number of likely N-dealkylation sites (tertiary alicyclic amines) is 1. The molecule has 2 saturated heterocycles. The average molecular weight is 1160 g/mol. The molecule has 0 radical (unpaired) electrons. The van der Waals surface area contributed by atoms with Gasteiger partial charge in [0.25, 0.3) is 0 Å². The van der Waals surface area contributed by atoms with Crippen molar-refractivity contribution in [1.82, 2.24) is 10.2 Å². The third-order valence-electron chi connectivity index (χ3n) is 16.7. The molecule has 2 heterocycles. The largest absolute Gasteiger partial charge is 1.00 e. The predicted octanol–water partition coefficient (Wildman–Crippen LogP) is 13.0. The maximum absolute atomic E-state index is 12.6. The number of hydrogen-bond acceptors (Lipinski definition) is 11. The number of carbonyl (C=O) groups excluding carboxylic acids is 4. The monoisotopic (exact) mass is 1160 g/mol. The first kappa shape index (κ1) is 70.3. The van der Waals surface area contributed by atoms with E-state index in [9.17, 15) is 19.2 Å². The molecule has 2 saturated carbocycles. The SMILES string of the molecule is C=C(C)[C@@H]1CC=C(CO)CC1.C=C(C)[C@@H]1CC=C(COC(=O)Cl)CC1.C=C(C)[C@@H]1CC=C(COC(=O)N2CC(c3ccc(OC)c(OC4CCCC4)c3)CC2=O)CC1.COc1ccc(C2CNC(=O)C2)cc1OC1CCCC1.[CH2-]CCC.[Li+]. The summed E-state index contributed by atoms with van der Waals surface area (Å²) in [6.07, 6.45) is 28.0. The molecule has 0 bridgehead atoms. The van der Waals surface area contributed by atoms with Crippen LogP contribution in [0.4, 0.5) is 9.59 Å². The van der Waals surface area contributed by atoms with Gasteiger partial charge in [-0.2, -0.15) is 6.42 Å². The minimum absolute atomic E-state index is 0. The number of nitrogens with one attached hydrogen (secondary N) is 1. The molecule has 4 fully saturated rings. The van der Waals surface area contributed by atoms with Crippen molar-refractivity contribution in [1.29, 1.82) is 0 Å². The van der Waals surface area contributed by atoms with Crippen molar-refractivity contribution >= 4 is 34.9 Å². The van der Waals surface area contributed by atoms with Crippen molar-refractivity contribution < 1.29 is 71.6 Å². The number of halogens is 1. The second kappa shape index (κ2) is 37.3. The number of rotatable bonds is 17. The number of ether oxygens (including phenoxy) is 6. The molecule has 0 spiro atoms. The van der Waals surface area contributed by atoms with Gasteiger partial charge in [0.2, 0.25) is 11.8 Å². The van der Waals surface area contributed by atoms with Crippen LogP contribution in [0.25, 0.3) is 0 Å². The van der Waals surface area contributed by atoms with Crippen molar-refractivity contribution in [3.05, 3.63) is 126 Å². The number of benzene rings is 2. The molecule has 2 aromatic rings. The molecule has 2 aliphatic heterocycles. The Hall–Kier alpha value is -5.19. The fourth-order valence-corrected chi connectivity index (χ4v) is 11.2. The van der Waals surface area contributed by atoms with Gasteiger partial charge >= 0.3 is 30.4 Å². The third kappa shape index (κ3) is 23.7. The Morgan fingerprint density at radius 1 is 0.663 bits per heavy atom. The van der Waals surface area contributed by atoms with E-state index in [0.717, 1.165) is 117 Å². The van der Waals surface area contributed by atoms with E-state index in [1.54, 1.807) is 14.2 Å². The second-order valence-electron chi connectivity index (χ2n) is 23.1. The molecular formula is C68H96ClLiN2O11. The van der Waals surface area contributed by atoms with E-state index >= 15 is 0 Å². The first-order valence-electron chi connectivity index (χ1n) is 30.1. The fourth-order valence-electron chi connectivity index (χ4n) is 11.2. The van der Waals surface area contributed by atoms with Gasteiger partial charge in [-0.1, -0.05) is 80.2 Å². The molecule has 7 aliphatic rings. The van der Waals surface area contributed by atoms with Crippen LogP contribution in [-0.4, -0.2) is 92.7 Å². The summed E-state index contributed by atoms with van der Waals surface area (Å²) in [6, 6.07) is 11.8. The fraction of sp³-hybridized carbons (Fsp3) is 0.574. The number of methoxy groups -OCH3 is 2. The number of nitrogens with zero attached hydrogens (tertiary/aromatic N) is 1. The van der Waals surface area contributed by atoms with Gasteiger partial charge in [0.1, 0.15) is 13.2 Å². The Morgan fingerprint density at radius 3 is 1.46 bits per heavy atom. The standard InChI is InChI=1S/C27H35NO5.C16H21NO3.C11H15ClO2.C10H16O.C4H9.Li/c1-18(2)20-10-8-19(9-11-20)17-32-27(30)28-16-22(15-26(28)29)21-12-13-24(31-3)25(14-21)33-23-6-4-5-7-23;1-19-14-7-6-11(12-9-16(18)17-10-12)8-15(14)20-13-4-2-3-5-13;1-8(2)10-5-3-9(4-6-10)7-14-11(12)13;1-8(2)10-5-3-9(7-11)4-6-10;1-3-4-2;/h8,12-14,20,22-23H,1,4-7,9-11,15-17H2,2-3H3;6-8,12-13H,2-5,9-10H2,1H3,(H,17,18);3,10H,1,4-7H2,2H3;3,10-11H,1,4-7H2,2H3;1,3-4H2,2H3;/q;;;;-1;+1/t20-,22?;;2*10-;;/m1.11../s1. The van der Waals surface area contributed by atoms with E-state index in [4.69, 9.17) is 45.1 Å². The molecule has 15 heteroatoms. The van der Waals surface area contributed by atoms with E-state index in [-0.39, 0.29) is 68.2 Å². The van der Waals surface area contributed by atoms with Crippen molar-refractivity contribution in [2.75, 3.05) is 47.1 Å². The number of amides is 3. The van der Waals surface area contributed by atoms with Crippen molar-refractivity contribution in [3.8, 4) is 23.0 Å². The summed E-state index contributed by atoms with van der Waals surface area (Å²) in [5, 5.41) is 11.7. The second-order valence-corrected chi connectivity index (χ2v) is 23.4. The average Bonchev–Trinajstić information content (AvgIpc) is 4.55. The van der Waals surface area contributed by atoms with Gasteiger partial charge in [-0.15, -0.1) is 0 Å². The van der Waals surface area contributed by atoms with Crippen LogP contribution in [-0.2, 0) is 19.1 Å². The van der Waals surface area contributed by atoms with Gasteiger partial charge in [-0.05, 0) is 200 Å². The van der Waals surface area contributed by atoms with Crippen LogP contribution in [0.3, 0.4) is 0 Å². The molecule has 9 rings (SSSR count). The topological polar surface area (TPSA) is 159 Å². The number of carbonyl (C=O) groups is 4. The maximum Gasteiger partial charge on any atom is 1.00 e. The number of aliphatic hydroxyl groups excluding tert-OH is 1. The molecule has 0 aromatic heterocycles. The van der Waals surface area contributed by atoms with Crippen molar-refractivity contribution in [2.24, 2.45) is 17.8 Å². The summed E-state index contributed by atoms with van der Waals surface area (Å²) < 4.78 is 33.4. The Morgan fingerprint density at radius 2 is 1.10 bits per heavy atom. The van der Waals surface area contributed by atoms with Gasteiger partial charge < -0.3 is 45.8 Å². The first-order chi connectivity index (χ1) is 39.4. The van der Waals surface area contributed by atoms with Gasteiger partial charge in [-0.25, -0.2) is 14.5 Å². The summed E-state index contributed by atoms with van der Waals surface area (Å²) in [4.78, 5) is 48.2. The summed E-state index contributed by atoms with van der Waals surface area (Å²) in [5.41, 5.74) is 8.59. The minimum Gasteiger partial charge on any atom is -0.493 e. The minimum atomic E-state index is -0.729. The Balaban J connectivity index is 0.000000252. The smallest absolute Gasteiger partial charge is 0.493 e. The van der Waals surface area contributed by atoms with Gasteiger partial charge in [-0.3, -0.25) is 9.59 Å². The van der Waals surface area contributed by atoms with Crippen molar-refractivity contribution in [2.45, 2.75) is 187 Å². The number of aliphatic hydroxyl groups is 1. The first-order valence-corrected chi connectivity index (χ1v) is 30.5. The quantitative estimate of drug-likeness (QED) is 0.0672. The van der Waals surface area contributed by atoms with Crippen LogP contribution < -0.4 is 43.1 Å². The van der Waals surface area contributed by atoms with Gasteiger partial charge in [0.05, 0.1) is 33.0 Å². The van der Waals surface area contributed by atoms with E-state index in [1.807, 2.05) is 36.4 Å². The molecule has 5 aliphatic carbocycles. The maximum atomic E-state index is 12.6. The molecule has 2 unspecified atom stereocenters. The van der Waals surface area contributed by atoms with Crippen LogP contribution >= 0.6 is 11.6 Å². The zero-order valence-corrected chi connectivity index (χ0v) is 52.1. The summed E-state index contributed by atoms with van der Waals surface area (Å²) in [6.45, 7) is 25.7. The zero-order valence-electron chi connectivity index (χ0n) is 51.3. The summed E-state index contributed by atoms with van der Waals surface area (Å²) >= 11 is 5.07. The van der Waals surface area contributed by atoms with Gasteiger partial charge in [0, 0.05) is 49.4 Å². The van der Waals surface area contributed by atoms with Crippen LogP contribution in [0, 0.1) is 24.7 Å². The van der Waals surface area contributed by atoms with Crippen LogP contribution in [0.1, 0.15) is 185 Å². The molecule has 13 nitrogen and oxygen atoms in total. The molecule has 5 atom stereocenters. The number of imide groups is 1. The summed E-state index contributed by atoms with van der Waals surface area (Å²) in [7, 11) is 3.30. The third-order valence-corrected chi connectivity index (χ3v) is 16.9. The molecule has 83 heavy (non-hydrogen) atoms. The molecule has 2 N–H and O–H groups in total. The normalized spacial score (nSPS) is 22.0. The Labute approximate surface area is 514 Å². The van der Waals surface area contributed by atoms with Crippen LogP contribution in [0.15, 0.2) is 108 Å². The van der Waals surface area contributed by atoms with Crippen LogP contribution in [0.2, 0.25) is 0 Å². The van der Waals surface area contributed by atoms with Crippen molar-refractivity contribution in [3.63, 3.8) is 0 Å². The molecule has 452 valence electrons. The predicted molar refractivity (Wildman–Crippen MR) is 328 cm³/mol. The van der Waals surface area contributed by atoms with E-state index < -0.39 is 11.5 Å². The number of hydrogen-bond donors (Lipinski definition) is 2. The Kier molecular flexibility index (Phi) is 31.6. The molecule has 3 amide bonds. The Bertz CT molecular complexity index is 2540. The van der Waals surface area contributed by atoms with E-state index in [1.165, 1.54) is 65.7 Å². The summed E-state index contributed by atoms with van der Waals surface area (Å²) in [5.74, 6) is 4.87. The number of allylic oxidation sites excluding steroid dienone is 6. The molecular weight excluding hydrogens is 1060 g/mol.